The van der Waals surface area contributed by atoms with Crippen LogP contribution < -0.4 is 21.9 Å². The summed E-state index contributed by atoms with van der Waals surface area (Å²) in [6.45, 7) is 2.36. The van der Waals surface area contributed by atoms with Gasteiger partial charge in [0.05, 0.1) is 0 Å². The number of aromatic nitrogens is 2. The summed E-state index contributed by atoms with van der Waals surface area (Å²) in [5.74, 6) is -0.448. The van der Waals surface area contributed by atoms with Crippen LogP contribution in [0.1, 0.15) is 25.3 Å². The van der Waals surface area contributed by atoms with Crippen LogP contribution in [0, 0.1) is 0 Å². The number of hydrogen-bond donors (Lipinski definition) is 2. The van der Waals surface area contributed by atoms with Crippen LogP contribution in [0.2, 0.25) is 0 Å². The van der Waals surface area contributed by atoms with E-state index in [9.17, 15) is 14.4 Å². The molecule has 0 aliphatic carbocycles. The van der Waals surface area contributed by atoms with Gasteiger partial charge in [0.25, 0.3) is 11.5 Å². The SMILES string of the molecule is CCCCn1c(N)c(N(C)C(=O)/C=C/c2ccccc2Br)c(=O)[nH]c1=O. The molecule has 0 saturated heterocycles. The van der Waals surface area contributed by atoms with Gasteiger partial charge in [-0.1, -0.05) is 47.5 Å². The lowest BCUT2D eigenvalue weighted by Crippen LogP contribution is -2.38. The summed E-state index contributed by atoms with van der Waals surface area (Å²) in [6, 6.07) is 7.43. The van der Waals surface area contributed by atoms with Crippen molar-refractivity contribution in [2.75, 3.05) is 17.7 Å². The second kappa shape index (κ2) is 8.66. The van der Waals surface area contributed by atoms with E-state index in [1.165, 1.54) is 17.7 Å². The molecule has 3 N–H and O–H groups in total. The molecule has 0 unspecified atom stereocenters. The molecule has 0 fully saturated rings. The number of H-pyrrole nitrogens is 1. The van der Waals surface area contributed by atoms with Gasteiger partial charge in [0.15, 0.2) is 5.69 Å². The number of benzene rings is 1. The standard InChI is InChI=1S/C18H21BrN4O3/c1-3-4-11-23-16(20)15(17(25)21-18(23)26)22(2)14(24)10-9-12-7-5-6-8-13(12)19/h5-10H,3-4,11,20H2,1-2H3,(H,21,25,26)/b10-9+. The van der Waals surface area contributed by atoms with E-state index in [4.69, 9.17) is 5.73 Å². The average Bonchev–Trinajstić information content (AvgIpc) is 2.60. The van der Waals surface area contributed by atoms with Gasteiger partial charge in [-0.2, -0.15) is 0 Å². The van der Waals surface area contributed by atoms with E-state index in [2.05, 4.69) is 20.9 Å². The van der Waals surface area contributed by atoms with Gasteiger partial charge in [0.2, 0.25) is 0 Å². The highest BCUT2D eigenvalue weighted by atomic mass is 79.9. The highest BCUT2D eigenvalue weighted by molar-refractivity contribution is 9.10. The molecule has 1 aromatic heterocycles. The Labute approximate surface area is 159 Å². The number of anilines is 2. The number of halogens is 1. The number of carbonyl (C=O) groups is 1. The van der Waals surface area contributed by atoms with Gasteiger partial charge in [0, 0.05) is 24.1 Å². The molecule has 1 heterocycles. The lowest BCUT2D eigenvalue weighted by molar-refractivity contribution is -0.113. The van der Waals surface area contributed by atoms with Crippen LogP contribution in [0.4, 0.5) is 11.5 Å². The zero-order chi connectivity index (χ0) is 19.3. The minimum Gasteiger partial charge on any atom is -0.383 e. The van der Waals surface area contributed by atoms with Crippen LogP contribution in [-0.2, 0) is 11.3 Å². The van der Waals surface area contributed by atoms with Crippen molar-refractivity contribution >= 4 is 39.4 Å². The predicted octanol–water partition coefficient (Wildman–Crippen LogP) is 2.36. The van der Waals surface area contributed by atoms with Gasteiger partial charge in [0.1, 0.15) is 5.82 Å². The zero-order valence-corrected chi connectivity index (χ0v) is 16.2. The monoisotopic (exact) mass is 420 g/mol. The fourth-order valence-corrected chi connectivity index (χ4v) is 2.85. The highest BCUT2D eigenvalue weighted by Gasteiger charge is 2.19. The van der Waals surface area contributed by atoms with Gasteiger partial charge in [-0.05, 0) is 24.1 Å². The predicted molar refractivity (Wildman–Crippen MR) is 107 cm³/mol. The molecule has 138 valence electrons. The molecule has 0 bridgehead atoms. The maximum atomic E-state index is 12.5. The Morgan fingerprint density at radius 1 is 1.35 bits per heavy atom. The van der Waals surface area contributed by atoms with Crippen molar-refractivity contribution in [2.24, 2.45) is 0 Å². The first kappa shape index (κ1) is 19.7. The van der Waals surface area contributed by atoms with Crippen LogP contribution in [-0.4, -0.2) is 22.5 Å². The molecule has 1 aromatic carbocycles. The molecule has 2 rings (SSSR count). The lowest BCUT2D eigenvalue weighted by Gasteiger charge is -2.19. The Morgan fingerprint density at radius 2 is 2.04 bits per heavy atom. The first-order valence-corrected chi connectivity index (χ1v) is 8.99. The summed E-state index contributed by atoms with van der Waals surface area (Å²) in [7, 11) is 1.45. The van der Waals surface area contributed by atoms with Crippen LogP contribution in [0.15, 0.2) is 44.4 Å². The molecule has 0 spiro atoms. The highest BCUT2D eigenvalue weighted by Crippen LogP contribution is 2.19. The Balaban J connectivity index is 2.35. The van der Waals surface area contributed by atoms with Crippen molar-refractivity contribution in [3.05, 3.63) is 61.2 Å². The molecule has 2 aromatic rings. The average molecular weight is 421 g/mol. The maximum absolute atomic E-state index is 12.5. The molecule has 0 aliphatic rings. The lowest BCUT2D eigenvalue weighted by atomic mass is 10.2. The number of nitrogens with one attached hydrogen (secondary N) is 1. The van der Waals surface area contributed by atoms with E-state index in [-0.39, 0.29) is 11.5 Å². The summed E-state index contributed by atoms with van der Waals surface area (Å²) in [5.41, 5.74) is 5.53. The number of rotatable bonds is 6. The summed E-state index contributed by atoms with van der Waals surface area (Å²) in [6.07, 6.45) is 4.58. The number of unbranched alkanes of at least 4 members (excludes halogenated alkanes) is 1. The fraction of sp³-hybridized carbons (Fsp3) is 0.278. The summed E-state index contributed by atoms with van der Waals surface area (Å²) in [4.78, 5) is 40.0. The van der Waals surface area contributed by atoms with E-state index in [1.54, 1.807) is 6.08 Å². The largest absolute Gasteiger partial charge is 0.383 e. The Hall–Kier alpha value is -2.61. The van der Waals surface area contributed by atoms with Crippen LogP contribution in [0.25, 0.3) is 6.08 Å². The minimum absolute atomic E-state index is 0.0164. The smallest absolute Gasteiger partial charge is 0.330 e. The van der Waals surface area contributed by atoms with E-state index < -0.39 is 17.2 Å². The Morgan fingerprint density at radius 3 is 2.69 bits per heavy atom. The quantitative estimate of drug-likeness (QED) is 0.700. The van der Waals surface area contributed by atoms with E-state index in [0.717, 1.165) is 27.8 Å². The van der Waals surface area contributed by atoms with E-state index in [0.29, 0.717) is 6.54 Å². The molecule has 0 atom stereocenters. The molecule has 1 amide bonds. The number of amides is 1. The number of carbonyl (C=O) groups excluding carboxylic acids is 1. The zero-order valence-electron chi connectivity index (χ0n) is 14.7. The van der Waals surface area contributed by atoms with Crippen molar-refractivity contribution in [3.63, 3.8) is 0 Å². The normalized spacial score (nSPS) is 11.0. The van der Waals surface area contributed by atoms with Crippen molar-refractivity contribution in [2.45, 2.75) is 26.3 Å². The molecular formula is C18H21BrN4O3. The molecule has 0 aliphatic heterocycles. The number of aromatic amines is 1. The Kier molecular flexibility index (Phi) is 6.57. The second-order valence-corrected chi connectivity index (χ2v) is 6.60. The molecule has 0 saturated carbocycles. The summed E-state index contributed by atoms with van der Waals surface area (Å²) in [5, 5.41) is 0. The Bertz CT molecular complexity index is 946. The first-order chi connectivity index (χ1) is 12.4. The number of hydrogen-bond acceptors (Lipinski definition) is 4. The summed E-state index contributed by atoms with van der Waals surface area (Å²) >= 11 is 3.40. The van der Waals surface area contributed by atoms with Crippen LogP contribution in [0.5, 0.6) is 0 Å². The van der Waals surface area contributed by atoms with Crippen molar-refractivity contribution < 1.29 is 4.79 Å². The molecule has 26 heavy (non-hydrogen) atoms. The third-order valence-corrected chi connectivity index (χ3v) is 4.65. The van der Waals surface area contributed by atoms with Crippen molar-refractivity contribution in [3.8, 4) is 0 Å². The van der Waals surface area contributed by atoms with Crippen LogP contribution >= 0.6 is 15.9 Å². The number of likely N-dealkylation sites (N-methyl/N-ethyl adjacent to an activating group) is 1. The second-order valence-electron chi connectivity index (χ2n) is 5.75. The van der Waals surface area contributed by atoms with E-state index >= 15 is 0 Å². The molecule has 7 nitrogen and oxygen atoms in total. The topological polar surface area (TPSA) is 101 Å². The number of nitrogens with zero attached hydrogens (tertiary/aromatic N) is 2. The van der Waals surface area contributed by atoms with Crippen molar-refractivity contribution in [1.82, 2.24) is 9.55 Å². The number of nitrogen functional groups attached to an aromatic ring is 1. The van der Waals surface area contributed by atoms with E-state index in [1.807, 2.05) is 31.2 Å². The summed E-state index contributed by atoms with van der Waals surface area (Å²) < 4.78 is 2.12. The third-order valence-electron chi connectivity index (χ3n) is 3.93. The first-order valence-electron chi connectivity index (χ1n) is 8.19. The van der Waals surface area contributed by atoms with Crippen molar-refractivity contribution in [1.29, 1.82) is 0 Å². The molecular weight excluding hydrogens is 400 g/mol. The molecule has 8 heteroatoms. The van der Waals surface area contributed by atoms with Gasteiger partial charge in [-0.3, -0.25) is 19.1 Å². The van der Waals surface area contributed by atoms with Gasteiger partial charge in [-0.25, -0.2) is 4.79 Å². The third kappa shape index (κ3) is 4.32. The fourth-order valence-electron chi connectivity index (χ4n) is 2.43. The number of nitrogens with two attached hydrogens (primary N) is 1. The van der Waals surface area contributed by atoms with Gasteiger partial charge < -0.3 is 10.6 Å². The van der Waals surface area contributed by atoms with Gasteiger partial charge in [-0.15, -0.1) is 0 Å². The van der Waals surface area contributed by atoms with Crippen LogP contribution in [0.3, 0.4) is 0 Å². The molecule has 0 radical (unpaired) electrons. The minimum atomic E-state index is -0.689. The van der Waals surface area contributed by atoms with Gasteiger partial charge >= 0.3 is 5.69 Å². The maximum Gasteiger partial charge on any atom is 0.330 e.